The van der Waals surface area contributed by atoms with E-state index >= 15 is 0 Å². The zero-order valence-corrected chi connectivity index (χ0v) is 18.1. The van der Waals surface area contributed by atoms with Crippen molar-refractivity contribution in [1.82, 2.24) is 15.1 Å². The standard InChI is InChI=1S/C24H26FN3O4/c1-3-24(17-6-8-18(25)9-7-17)22(30)28(23(31)26-24)15-21(29)27(19-10-11-19)14-16-4-12-20(32-2)13-5-16/h4-9,12-13,19H,3,10-11,14-15H2,1-2H3,(H,26,31). The van der Waals surface area contributed by atoms with E-state index in [9.17, 15) is 18.8 Å². The summed E-state index contributed by atoms with van der Waals surface area (Å²) in [4.78, 5) is 41.9. The lowest BCUT2D eigenvalue weighted by Gasteiger charge is -2.27. The highest BCUT2D eigenvalue weighted by Crippen LogP contribution is 2.33. The van der Waals surface area contributed by atoms with Gasteiger partial charge in [0.15, 0.2) is 0 Å². The summed E-state index contributed by atoms with van der Waals surface area (Å²) in [6.45, 7) is 1.83. The number of nitrogens with one attached hydrogen (secondary N) is 1. The topological polar surface area (TPSA) is 79.0 Å². The Morgan fingerprint density at radius 2 is 1.81 bits per heavy atom. The summed E-state index contributed by atoms with van der Waals surface area (Å²) < 4.78 is 18.6. The van der Waals surface area contributed by atoms with Gasteiger partial charge < -0.3 is 15.0 Å². The van der Waals surface area contributed by atoms with Gasteiger partial charge in [0.25, 0.3) is 5.91 Å². The number of halogens is 1. The van der Waals surface area contributed by atoms with Crippen molar-refractivity contribution >= 4 is 17.8 Å². The molecule has 4 amide bonds. The van der Waals surface area contributed by atoms with Crippen LogP contribution in [-0.2, 0) is 21.7 Å². The molecule has 4 rings (SSSR count). The number of hydrogen-bond acceptors (Lipinski definition) is 4. The molecule has 2 aliphatic rings. The number of nitrogens with zero attached hydrogens (tertiary/aromatic N) is 2. The summed E-state index contributed by atoms with van der Waals surface area (Å²) in [5.41, 5.74) is 0.135. The van der Waals surface area contributed by atoms with Crippen molar-refractivity contribution in [1.29, 1.82) is 0 Å². The van der Waals surface area contributed by atoms with Crippen LogP contribution in [0.5, 0.6) is 5.75 Å². The number of hydrogen-bond donors (Lipinski definition) is 1. The zero-order chi connectivity index (χ0) is 22.9. The third-order valence-corrected chi connectivity index (χ3v) is 6.16. The monoisotopic (exact) mass is 439 g/mol. The molecule has 32 heavy (non-hydrogen) atoms. The predicted octanol–water partition coefficient (Wildman–Crippen LogP) is 3.18. The van der Waals surface area contributed by atoms with E-state index in [2.05, 4.69) is 5.32 Å². The van der Waals surface area contributed by atoms with Gasteiger partial charge in [-0.25, -0.2) is 9.18 Å². The molecule has 1 N–H and O–H groups in total. The maximum absolute atomic E-state index is 13.4. The molecule has 8 heteroatoms. The molecule has 2 aromatic carbocycles. The van der Waals surface area contributed by atoms with Crippen molar-refractivity contribution in [3.05, 3.63) is 65.5 Å². The minimum absolute atomic E-state index is 0.110. The molecule has 1 saturated heterocycles. The molecular weight excluding hydrogens is 413 g/mol. The van der Waals surface area contributed by atoms with E-state index in [0.29, 0.717) is 12.1 Å². The van der Waals surface area contributed by atoms with Crippen LogP contribution < -0.4 is 10.1 Å². The number of benzene rings is 2. The number of carbonyl (C=O) groups is 3. The molecule has 2 fully saturated rings. The molecule has 1 atom stereocenters. The lowest BCUT2D eigenvalue weighted by molar-refractivity contribution is -0.140. The minimum atomic E-state index is -1.30. The number of rotatable bonds is 8. The first kappa shape index (κ1) is 21.8. The first-order chi connectivity index (χ1) is 15.4. The van der Waals surface area contributed by atoms with E-state index in [0.717, 1.165) is 29.1 Å². The Kier molecular flexibility index (Phi) is 5.86. The minimum Gasteiger partial charge on any atom is -0.497 e. The maximum Gasteiger partial charge on any atom is 0.325 e. The van der Waals surface area contributed by atoms with E-state index in [1.54, 1.807) is 18.9 Å². The Bertz CT molecular complexity index is 1020. The summed E-state index contributed by atoms with van der Waals surface area (Å²) in [5, 5.41) is 2.73. The summed E-state index contributed by atoms with van der Waals surface area (Å²) in [7, 11) is 1.59. The van der Waals surface area contributed by atoms with Crippen LogP contribution in [0.25, 0.3) is 0 Å². The molecule has 168 valence electrons. The fraction of sp³-hybridized carbons (Fsp3) is 0.375. The van der Waals surface area contributed by atoms with E-state index in [4.69, 9.17) is 4.74 Å². The third-order valence-electron chi connectivity index (χ3n) is 6.16. The van der Waals surface area contributed by atoms with Gasteiger partial charge in [-0.05, 0) is 54.7 Å². The second kappa shape index (κ2) is 8.61. The van der Waals surface area contributed by atoms with E-state index in [1.807, 2.05) is 24.3 Å². The summed E-state index contributed by atoms with van der Waals surface area (Å²) in [5.74, 6) is -0.473. The normalized spacial score (nSPS) is 20.3. The van der Waals surface area contributed by atoms with Crippen molar-refractivity contribution < 1.29 is 23.5 Å². The van der Waals surface area contributed by atoms with E-state index in [1.165, 1.54) is 24.3 Å². The second-order valence-electron chi connectivity index (χ2n) is 8.19. The van der Waals surface area contributed by atoms with Gasteiger partial charge in [0.1, 0.15) is 23.7 Å². The van der Waals surface area contributed by atoms with Crippen LogP contribution in [0.1, 0.15) is 37.3 Å². The highest BCUT2D eigenvalue weighted by Gasteiger charge is 2.52. The molecule has 0 radical (unpaired) electrons. The molecular formula is C24H26FN3O4. The Morgan fingerprint density at radius 1 is 1.16 bits per heavy atom. The molecule has 1 aliphatic carbocycles. The first-order valence-electron chi connectivity index (χ1n) is 10.7. The SMILES string of the molecule is CCC1(c2ccc(F)cc2)NC(=O)N(CC(=O)N(Cc2ccc(OC)cc2)C2CC2)C1=O. The van der Waals surface area contributed by atoms with Crippen LogP contribution in [0.3, 0.4) is 0 Å². The number of amides is 4. The van der Waals surface area contributed by atoms with Crippen LogP contribution in [0, 0.1) is 5.82 Å². The number of imide groups is 1. The average molecular weight is 439 g/mol. The molecule has 2 aromatic rings. The maximum atomic E-state index is 13.4. The van der Waals surface area contributed by atoms with Crippen molar-refractivity contribution in [2.75, 3.05) is 13.7 Å². The molecule has 0 bridgehead atoms. The fourth-order valence-electron chi connectivity index (χ4n) is 4.10. The van der Waals surface area contributed by atoms with E-state index in [-0.39, 0.29) is 24.9 Å². The Labute approximate surface area is 186 Å². The lowest BCUT2D eigenvalue weighted by atomic mass is 9.87. The van der Waals surface area contributed by atoms with Crippen molar-refractivity contribution in [2.24, 2.45) is 0 Å². The van der Waals surface area contributed by atoms with Crippen LogP contribution in [-0.4, -0.2) is 47.3 Å². The number of carbonyl (C=O) groups excluding carboxylic acids is 3. The first-order valence-corrected chi connectivity index (χ1v) is 10.7. The number of methoxy groups -OCH3 is 1. The summed E-state index contributed by atoms with van der Waals surface area (Å²) >= 11 is 0. The smallest absolute Gasteiger partial charge is 0.325 e. The Morgan fingerprint density at radius 3 is 2.38 bits per heavy atom. The van der Waals surface area contributed by atoms with Gasteiger partial charge in [0, 0.05) is 12.6 Å². The molecule has 0 aromatic heterocycles. The predicted molar refractivity (Wildman–Crippen MR) is 115 cm³/mol. The van der Waals surface area contributed by atoms with Crippen molar-refractivity contribution in [3.8, 4) is 5.75 Å². The molecule has 1 saturated carbocycles. The van der Waals surface area contributed by atoms with Gasteiger partial charge >= 0.3 is 6.03 Å². The highest BCUT2D eigenvalue weighted by molar-refractivity contribution is 6.09. The van der Waals surface area contributed by atoms with Crippen LogP contribution >= 0.6 is 0 Å². The average Bonchev–Trinajstić information content (AvgIpc) is 3.61. The Hall–Kier alpha value is -3.42. The molecule has 7 nitrogen and oxygen atoms in total. The molecule has 1 aliphatic heterocycles. The molecule has 1 heterocycles. The zero-order valence-electron chi connectivity index (χ0n) is 18.1. The highest BCUT2D eigenvalue weighted by atomic mass is 19.1. The second-order valence-corrected chi connectivity index (χ2v) is 8.19. The van der Waals surface area contributed by atoms with Crippen LogP contribution in [0.2, 0.25) is 0 Å². The fourth-order valence-corrected chi connectivity index (χ4v) is 4.10. The summed E-state index contributed by atoms with van der Waals surface area (Å²) in [6, 6.07) is 12.4. The lowest BCUT2D eigenvalue weighted by Crippen LogP contribution is -2.46. The molecule has 1 unspecified atom stereocenters. The van der Waals surface area contributed by atoms with Crippen LogP contribution in [0.4, 0.5) is 9.18 Å². The number of urea groups is 1. The van der Waals surface area contributed by atoms with Gasteiger partial charge in [-0.3, -0.25) is 14.5 Å². The van der Waals surface area contributed by atoms with Gasteiger partial charge in [0.2, 0.25) is 5.91 Å². The quantitative estimate of drug-likeness (QED) is 0.641. The number of ether oxygens (including phenoxy) is 1. The molecule has 0 spiro atoms. The van der Waals surface area contributed by atoms with Gasteiger partial charge in [0.05, 0.1) is 7.11 Å². The Balaban J connectivity index is 1.51. The summed E-state index contributed by atoms with van der Waals surface area (Å²) in [6.07, 6.45) is 2.08. The third kappa shape index (κ3) is 4.04. The van der Waals surface area contributed by atoms with Crippen LogP contribution in [0.15, 0.2) is 48.5 Å². The van der Waals surface area contributed by atoms with Gasteiger partial charge in [-0.15, -0.1) is 0 Å². The largest absolute Gasteiger partial charge is 0.497 e. The van der Waals surface area contributed by atoms with Crippen molar-refractivity contribution in [3.63, 3.8) is 0 Å². The van der Waals surface area contributed by atoms with E-state index < -0.39 is 23.3 Å². The van der Waals surface area contributed by atoms with Gasteiger partial charge in [-0.1, -0.05) is 31.2 Å². The van der Waals surface area contributed by atoms with Crippen molar-refractivity contribution in [2.45, 2.75) is 44.3 Å². The van der Waals surface area contributed by atoms with Gasteiger partial charge in [-0.2, -0.15) is 0 Å².